The van der Waals surface area contributed by atoms with Crippen LogP contribution in [0.1, 0.15) is 5.56 Å². The van der Waals surface area contributed by atoms with Crippen LogP contribution in [0.5, 0.6) is 0 Å². The van der Waals surface area contributed by atoms with E-state index in [0.717, 1.165) is 13.0 Å². The maximum atomic E-state index is 3.78. The van der Waals surface area contributed by atoms with Gasteiger partial charge in [0.05, 0.1) is 6.54 Å². The van der Waals surface area contributed by atoms with Crippen molar-refractivity contribution < 1.29 is 30.5 Å². The third kappa shape index (κ3) is 5.08. The summed E-state index contributed by atoms with van der Waals surface area (Å²) in [5, 5.41) is 0. The number of hydrogen-bond donors (Lipinski definition) is 1. The second-order valence-corrected chi connectivity index (χ2v) is 2.09. The van der Waals surface area contributed by atoms with Crippen molar-refractivity contribution in [1.82, 2.24) is 0 Å². The van der Waals surface area contributed by atoms with Gasteiger partial charge in [0.25, 0.3) is 0 Å². The van der Waals surface area contributed by atoms with Gasteiger partial charge in [-0.1, -0.05) is 30.3 Å². The second kappa shape index (κ2) is 7.86. The number of halogens is 2. The summed E-state index contributed by atoms with van der Waals surface area (Å²) >= 11 is 0. The first-order valence-electron chi connectivity index (χ1n) is 3.26. The van der Waals surface area contributed by atoms with Gasteiger partial charge in [0.2, 0.25) is 0 Å². The molecule has 3 heteroatoms. The molecule has 0 spiro atoms. The zero-order valence-corrected chi connectivity index (χ0v) is 7.78. The number of hydrogen-bond acceptors (Lipinski definition) is 0. The fourth-order valence-electron chi connectivity index (χ4n) is 0.849. The Morgan fingerprint density at radius 3 is 2.00 bits per heavy atom. The number of benzene rings is 1. The first-order valence-corrected chi connectivity index (χ1v) is 3.26. The van der Waals surface area contributed by atoms with E-state index in [1.807, 2.05) is 6.07 Å². The predicted octanol–water partition coefficient (Wildman–Crippen LogP) is -5.52. The van der Waals surface area contributed by atoms with Crippen molar-refractivity contribution in [3.8, 4) is 0 Å². The summed E-state index contributed by atoms with van der Waals surface area (Å²) in [7, 11) is 0. The molecule has 0 heterocycles. The van der Waals surface area contributed by atoms with E-state index in [1.165, 1.54) is 5.56 Å². The van der Waals surface area contributed by atoms with Crippen LogP contribution >= 0.6 is 0 Å². The van der Waals surface area contributed by atoms with Gasteiger partial charge in [-0.2, -0.15) is 0 Å². The molecular formula is C8H12Cl2N-. The van der Waals surface area contributed by atoms with Crippen molar-refractivity contribution in [2.75, 3.05) is 6.54 Å². The molecule has 1 nitrogen and oxygen atoms in total. The maximum absolute atomic E-state index is 3.78. The molecule has 0 saturated carbocycles. The highest BCUT2D eigenvalue weighted by molar-refractivity contribution is 5.14. The van der Waals surface area contributed by atoms with Gasteiger partial charge in [-0.15, -0.1) is 0 Å². The van der Waals surface area contributed by atoms with Gasteiger partial charge >= 0.3 is 0 Å². The second-order valence-electron chi connectivity index (χ2n) is 2.09. The lowest BCUT2D eigenvalue weighted by Gasteiger charge is -1.92. The van der Waals surface area contributed by atoms with Crippen LogP contribution in [0.2, 0.25) is 0 Å². The molecule has 0 aliphatic carbocycles. The van der Waals surface area contributed by atoms with E-state index in [4.69, 9.17) is 0 Å². The van der Waals surface area contributed by atoms with E-state index >= 15 is 0 Å². The van der Waals surface area contributed by atoms with E-state index in [2.05, 4.69) is 30.0 Å². The molecule has 0 bridgehead atoms. The summed E-state index contributed by atoms with van der Waals surface area (Å²) in [6, 6.07) is 10.4. The fourth-order valence-corrected chi connectivity index (χ4v) is 0.849. The molecule has 3 N–H and O–H groups in total. The van der Waals surface area contributed by atoms with Gasteiger partial charge < -0.3 is 30.5 Å². The van der Waals surface area contributed by atoms with Gasteiger partial charge in [-0.05, 0) is 5.56 Å². The van der Waals surface area contributed by atoms with Gasteiger partial charge in [0.15, 0.2) is 0 Å². The van der Waals surface area contributed by atoms with Gasteiger partial charge in [0.1, 0.15) is 0 Å². The zero-order valence-electron chi connectivity index (χ0n) is 6.26. The maximum Gasteiger partial charge on any atom is 0.0780 e. The van der Waals surface area contributed by atoms with Crippen molar-refractivity contribution >= 4 is 0 Å². The Labute approximate surface area is 79.8 Å². The molecule has 1 aromatic rings. The minimum atomic E-state index is 0. The van der Waals surface area contributed by atoms with Gasteiger partial charge in [0, 0.05) is 6.42 Å². The molecule has 0 amide bonds. The van der Waals surface area contributed by atoms with Crippen molar-refractivity contribution in [1.29, 1.82) is 0 Å². The monoisotopic (exact) mass is 192 g/mol. The Morgan fingerprint density at radius 2 is 1.55 bits per heavy atom. The van der Waals surface area contributed by atoms with E-state index < -0.39 is 0 Å². The average Bonchev–Trinajstić information content (AvgIpc) is 1.91. The minimum Gasteiger partial charge on any atom is -1.00 e. The summed E-state index contributed by atoms with van der Waals surface area (Å²) < 4.78 is 0. The van der Waals surface area contributed by atoms with Gasteiger partial charge in [-0.3, -0.25) is 0 Å². The Kier molecular flexibility index (Phi) is 9.55. The molecule has 0 saturated heterocycles. The summed E-state index contributed by atoms with van der Waals surface area (Å²) in [4.78, 5) is 0. The summed E-state index contributed by atoms with van der Waals surface area (Å²) in [5.41, 5.74) is 5.16. The number of rotatable bonds is 2. The van der Waals surface area contributed by atoms with Crippen LogP contribution in [0.15, 0.2) is 30.3 Å². The molecule has 64 valence electrons. The molecule has 1 rings (SSSR count). The van der Waals surface area contributed by atoms with Crippen LogP contribution in [-0.4, -0.2) is 6.54 Å². The van der Waals surface area contributed by atoms with Gasteiger partial charge in [-0.25, -0.2) is 0 Å². The lowest BCUT2D eigenvalue weighted by atomic mass is 10.2. The topological polar surface area (TPSA) is 27.6 Å². The van der Waals surface area contributed by atoms with Crippen LogP contribution in [0.25, 0.3) is 0 Å². The number of quaternary nitrogens is 1. The van der Waals surface area contributed by atoms with Crippen molar-refractivity contribution in [2.24, 2.45) is 0 Å². The highest BCUT2D eigenvalue weighted by Crippen LogP contribution is 1.96. The lowest BCUT2D eigenvalue weighted by molar-refractivity contribution is -0.366. The fraction of sp³-hybridized carbons (Fsp3) is 0.250. The Balaban J connectivity index is 0. The summed E-state index contributed by atoms with van der Waals surface area (Å²) in [6.45, 7) is 0.990. The first-order chi connectivity index (χ1) is 4.43. The smallest absolute Gasteiger partial charge is 0.0780 e. The van der Waals surface area contributed by atoms with Crippen LogP contribution < -0.4 is 30.5 Å². The molecule has 0 atom stereocenters. The van der Waals surface area contributed by atoms with Crippen molar-refractivity contribution in [3.63, 3.8) is 0 Å². The average molecular weight is 193 g/mol. The Bertz CT molecular complexity index is 165. The lowest BCUT2D eigenvalue weighted by Crippen LogP contribution is -3.00. The summed E-state index contributed by atoms with van der Waals surface area (Å²) in [6.07, 6.45) is 1.10. The third-order valence-electron chi connectivity index (χ3n) is 1.31. The summed E-state index contributed by atoms with van der Waals surface area (Å²) in [5.74, 6) is 0. The predicted molar refractivity (Wildman–Crippen MR) is 37.9 cm³/mol. The normalized spacial score (nSPS) is 7.73. The molecular weight excluding hydrogens is 181 g/mol. The third-order valence-corrected chi connectivity index (χ3v) is 1.31. The molecule has 0 aliphatic rings. The van der Waals surface area contributed by atoms with Crippen LogP contribution in [0.3, 0.4) is 0 Å². The molecule has 0 fully saturated rings. The minimum absolute atomic E-state index is 0. The van der Waals surface area contributed by atoms with E-state index in [1.54, 1.807) is 0 Å². The Morgan fingerprint density at radius 1 is 1.00 bits per heavy atom. The largest absolute Gasteiger partial charge is 1.00 e. The molecule has 11 heavy (non-hydrogen) atoms. The van der Waals surface area contributed by atoms with Crippen molar-refractivity contribution in [2.45, 2.75) is 6.42 Å². The molecule has 0 aromatic heterocycles. The standard InChI is InChI=1S/C8H11N.2ClH/c9-7-6-8-4-2-1-3-5-8;;/h1-5H,6-7,9H2;2*1H/p-1. The van der Waals surface area contributed by atoms with Crippen LogP contribution in [0, 0.1) is 0 Å². The molecule has 0 unspecified atom stereocenters. The van der Waals surface area contributed by atoms with Crippen LogP contribution in [0.4, 0.5) is 0 Å². The van der Waals surface area contributed by atoms with E-state index in [0.29, 0.717) is 0 Å². The zero-order chi connectivity index (χ0) is 6.53. The highest BCUT2D eigenvalue weighted by Gasteiger charge is 1.86. The quantitative estimate of drug-likeness (QED) is 0.485. The first kappa shape index (κ1) is 13.4. The molecule has 0 radical (unpaired) electrons. The van der Waals surface area contributed by atoms with E-state index in [-0.39, 0.29) is 24.8 Å². The van der Waals surface area contributed by atoms with Crippen LogP contribution in [-0.2, 0) is 6.42 Å². The highest BCUT2D eigenvalue weighted by atomic mass is 35.5. The molecule has 0 aliphatic heterocycles. The SMILES string of the molecule is [Cl-].[Cl-].[NH3+]CCc1ccccc1. The van der Waals surface area contributed by atoms with E-state index in [9.17, 15) is 0 Å². The molecule has 1 aromatic carbocycles. The van der Waals surface area contributed by atoms with Crippen molar-refractivity contribution in [3.05, 3.63) is 35.9 Å². The Hall–Kier alpha value is -0.240.